The highest BCUT2D eigenvalue weighted by Crippen LogP contribution is 2.20. The SMILES string of the molecule is CCS(=O)(=O)c1ccc(-c2ccc(CN3CCN(C(C)C)CC3)nn2)cc1.Cl.Cl. The second-order valence-electron chi connectivity index (χ2n) is 7.24. The lowest BCUT2D eigenvalue weighted by molar-refractivity contribution is 0.103. The molecule has 0 amide bonds. The van der Waals surface area contributed by atoms with Crippen LogP contribution in [0.1, 0.15) is 26.5 Å². The Balaban J connectivity index is 0.00000210. The number of hydrogen-bond acceptors (Lipinski definition) is 6. The topological polar surface area (TPSA) is 66.4 Å². The highest BCUT2D eigenvalue weighted by molar-refractivity contribution is 7.91. The van der Waals surface area contributed by atoms with E-state index in [2.05, 4.69) is 33.8 Å². The summed E-state index contributed by atoms with van der Waals surface area (Å²) in [7, 11) is -3.17. The standard InChI is InChI=1S/C20H28N4O2S.2ClH/c1-4-27(25,26)19-8-5-17(6-9-19)20-10-7-18(21-22-20)15-23-11-13-24(14-12-23)16(2)3;;/h5-10,16H,4,11-15H2,1-3H3;2*1H. The van der Waals surface area contributed by atoms with Crippen LogP contribution in [-0.4, -0.2) is 66.4 Å². The van der Waals surface area contributed by atoms with E-state index < -0.39 is 9.84 Å². The first-order chi connectivity index (χ1) is 12.9. The maximum Gasteiger partial charge on any atom is 0.178 e. The molecule has 0 N–H and O–H groups in total. The summed E-state index contributed by atoms with van der Waals surface area (Å²) in [6, 6.07) is 11.4. The zero-order valence-corrected chi connectivity index (χ0v) is 19.6. The number of nitrogens with zero attached hydrogens (tertiary/aromatic N) is 4. The van der Waals surface area contributed by atoms with E-state index in [9.17, 15) is 8.42 Å². The molecule has 6 nitrogen and oxygen atoms in total. The third kappa shape index (κ3) is 6.62. The van der Waals surface area contributed by atoms with E-state index in [0.29, 0.717) is 10.9 Å². The van der Waals surface area contributed by atoms with Crippen LogP contribution in [0.25, 0.3) is 11.3 Å². The average Bonchev–Trinajstić information content (AvgIpc) is 2.69. The smallest absolute Gasteiger partial charge is 0.178 e. The fraction of sp³-hybridized carbons (Fsp3) is 0.500. The van der Waals surface area contributed by atoms with Crippen molar-refractivity contribution in [3.63, 3.8) is 0 Å². The molecule has 0 aliphatic carbocycles. The number of rotatable bonds is 6. The summed E-state index contributed by atoms with van der Waals surface area (Å²) < 4.78 is 23.8. The van der Waals surface area contributed by atoms with Gasteiger partial charge in [0.15, 0.2) is 9.84 Å². The molecule has 1 aliphatic heterocycles. The van der Waals surface area contributed by atoms with E-state index in [-0.39, 0.29) is 30.6 Å². The van der Waals surface area contributed by atoms with Crippen molar-refractivity contribution < 1.29 is 8.42 Å². The van der Waals surface area contributed by atoms with Crippen LogP contribution in [0.15, 0.2) is 41.3 Å². The first-order valence-corrected chi connectivity index (χ1v) is 11.2. The lowest BCUT2D eigenvalue weighted by atomic mass is 10.1. The molecule has 0 bridgehead atoms. The number of sulfone groups is 1. The second-order valence-corrected chi connectivity index (χ2v) is 9.52. The number of aromatic nitrogens is 2. The van der Waals surface area contributed by atoms with Crippen LogP contribution in [-0.2, 0) is 16.4 Å². The van der Waals surface area contributed by atoms with E-state index in [4.69, 9.17) is 0 Å². The van der Waals surface area contributed by atoms with Crippen molar-refractivity contribution >= 4 is 34.7 Å². The van der Waals surface area contributed by atoms with Crippen LogP contribution in [0, 0.1) is 0 Å². The molecule has 1 aromatic carbocycles. The first-order valence-electron chi connectivity index (χ1n) is 9.51. The minimum Gasteiger partial charge on any atom is -0.298 e. The van der Waals surface area contributed by atoms with Gasteiger partial charge in [-0.1, -0.05) is 19.1 Å². The van der Waals surface area contributed by atoms with Gasteiger partial charge < -0.3 is 0 Å². The van der Waals surface area contributed by atoms with Crippen molar-refractivity contribution in [3.8, 4) is 11.3 Å². The van der Waals surface area contributed by atoms with Crippen LogP contribution in [0.2, 0.25) is 0 Å². The molecular weight excluding hydrogens is 431 g/mol. The van der Waals surface area contributed by atoms with Gasteiger partial charge in [-0.05, 0) is 38.1 Å². The quantitative estimate of drug-likeness (QED) is 0.658. The largest absolute Gasteiger partial charge is 0.298 e. The predicted molar refractivity (Wildman–Crippen MR) is 122 cm³/mol. The van der Waals surface area contributed by atoms with Gasteiger partial charge in [-0.3, -0.25) is 9.80 Å². The molecule has 162 valence electrons. The van der Waals surface area contributed by atoms with E-state index >= 15 is 0 Å². The molecule has 0 radical (unpaired) electrons. The van der Waals surface area contributed by atoms with Gasteiger partial charge in [0.2, 0.25) is 0 Å². The Morgan fingerprint density at radius 2 is 1.55 bits per heavy atom. The summed E-state index contributed by atoms with van der Waals surface area (Å²) in [4.78, 5) is 5.25. The van der Waals surface area contributed by atoms with Crippen molar-refractivity contribution in [1.29, 1.82) is 0 Å². The van der Waals surface area contributed by atoms with E-state index in [1.54, 1.807) is 31.2 Å². The van der Waals surface area contributed by atoms with E-state index in [1.165, 1.54) is 0 Å². The highest BCUT2D eigenvalue weighted by Gasteiger charge is 2.19. The lowest BCUT2D eigenvalue weighted by Gasteiger charge is -2.36. The van der Waals surface area contributed by atoms with Crippen molar-refractivity contribution in [1.82, 2.24) is 20.0 Å². The van der Waals surface area contributed by atoms with E-state index in [1.807, 2.05) is 12.1 Å². The molecule has 1 saturated heterocycles. The Bertz CT molecular complexity index is 851. The zero-order chi connectivity index (χ0) is 19.4. The maximum atomic E-state index is 11.9. The predicted octanol–water partition coefficient (Wildman–Crippen LogP) is 3.31. The molecule has 2 aromatic rings. The summed E-state index contributed by atoms with van der Waals surface area (Å²) in [5.74, 6) is 0.103. The first kappa shape index (κ1) is 25.8. The Labute approximate surface area is 186 Å². The van der Waals surface area contributed by atoms with Crippen LogP contribution in [0.3, 0.4) is 0 Å². The minimum absolute atomic E-state index is 0. The molecule has 2 heterocycles. The average molecular weight is 461 g/mol. The summed E-state index contributed by atoms with van der Waals surface area (Å²) in [6.45, 7) is 11.2. The van der Waals surface area contributed by atoms with Crippen LogP contribution < -0.4 is 0 Å². The molecule has 0 unspecified atom stereocenters. The van der Waals surface area contributed by atoms with Gasteiger partial charge in [0, 0.05) is 44.3 Å². The third-order valence-corrected chi connectivity index (χ3v) is 6.88. The zero-order valence-electron chi connectivity index (χ0n) is 17.1. The van der Waals surface area contributed by atoms with Gasteiger partial charge in [0.1, 0.15) is 0 Å². The molecule has 9 heteroatoms. The van der Waals surface area contributed by atoms with Crippen LogP contribution in [0.5, 0.6) is 0 Å². The highest BCUT2D eigenvalue weighted by atomic mass is 35.5. The van der Waals surface area contributed by atoms with Crippen molar-refractivity contribution in [3.05, 3.63) is 42.1 Å². The maximum absolute atomic E-state index is 11.9. The van der Waals surface area contributed by atoms with Gasteiger partial charge in [0.05, 0.1) is 22.0 Å². The monoisotopic (exact) mass is 460 g/mol. The van der Waals surface area contributed by atoms with Gasteiger partial charge >= 0.3 is 0 Å². The molecule has 1 aliphatic rings. The molecule has 3 rings (SSSR count). The van der Waals surface area contributed by atoms with Gasteiger partial charge in [-0.2, -0.15) is 10.2 Å². The number of halogens is 2. The van der Waals surface area contributed by atoms with Crippen LogP contribution in [0.4, 0.5) is 0 Å². The number of piperazine rings is 1. The molecular formula is C20H30Cl2N4O2S. The fourth-order valence-electron chi connectivity index (χ4n) is 3.26. The Morgan fingerprint density at radius 1 is 0.931 bits per heavy atom. The van der Waals surface area contributed by atoms with Crippen LogP contribution >= 0.6 is 24.8 Å². The van der Waals surface area contributed by atoms with Crippen molar-refractivity contribution in [2.24, 2.45) is 0 Å². The molecule has 1 fully saturated rings. The normalized spacial score (nSPS) is 15.6. The van der Waals surface area contributed by atoms with Crippen molar-refractivity contribution in [2.45, 2.75) is 38.3 Å². The number of benzene rings is 1. The van der Waals surface area contributed by atoms with Gasteiger partial charge in [-0.25, -0.2) is 8.42 Å². The fourth-order valence-corrected chi connectivity index (χ4v) is 4.15. The van der Waals surface area contributed by atoms with Gasteiger partial charge in [0.25, 0.3) is 0 Å². The molecule has 0 spiro atoms. The number of hydrogen-bond donors (Lipinski definition) is 0. The summed E-state index contributed by atoms with van der Waals surface area (Å²) in [5.41, 5.74) is 2.58. The minimum atomic E-state index is -3.17. The Morgan fingerprint density at radius 3 is 2.03 bits per heavy atom. The van der Waals surface area contributed by atoms with Crippen molar-refractivity contribution in [2.75, 3.05) is 31.9 Å². The summed E-state index contributed by atoms with van der Waals surface area (Å²) in [6.07, 6.45) is 0. The lowest BCUT2D eigenvalue weighted by Crippen LogP contribution is -2.48. The summed E-state index contributed by atoms with van der Waals surface area (Å²) in [5, 5.41) is 8.70. The molecule has 1 aromatic heterocycles. The molecule has 0 atom stereocenters. The molecule has 29 heavy (non-hydrogen) atoms. The molecule has 0 saturated carbocycles. The van der Waals surface area contributed by atoms with E-state index in [0.717, 1.165) is 49.7 Å². The summed E-state index contributed by atoms with van der Waals surface area (Å²) >= 11 is 0. The Hall–Kier alpha value is -1.25. The Kier molecular flexibility index (Phi) is 9.98. The second kappa shape index (κ2) is 11.2. The van der Waals surface area contributed by atoms with Gasteiger partial charge in [-0.15, -0.1) is 24.8 Å². The third-order valence-electron chi connectivity index (χ3n) is 5.13.